The van der Waals surface area contributed by atoms with Crippen LogP contribution in [-0.4, -0.2) is 36.1 Å². The van der Waals surface area contributed by atoms with Crippen molar-refractivity contribution in [3.05, 3.63) is 72.2 Å². The van der Waals surface area contributed by atoms with Crippen molar-refractivity contribution in [1.82, 2.24) is 5.32 Å². The number of nitrogens with two attached hydrogens (primary N) is 2. The van der Waals surface area contributed by atoms with E-state index < -0.39 is 24.2 Å². The molecule has 0 spiro atoms. The molecule has 2 unspecified atom stereocenters. The van der Waals surface area contributed by atoms with Crippen molar-refractivity contribution in [2.45, 2.75) is 50.8 Å². The van der Waals surface area contributed by atoms with E-state index in [1.54, 1.807) is 49.6 Å². The quantitative estimate of drug-likeness (QED) is 0.214. The highest BCUT2D eigenvalue weighted by molar-refractivity contribution is 6.21. The van der Waals surface area contributed by atoms with Gasteiger partial charge in [-0.05, 0) is 54.7 Å². The van der Waals surface area contributed by atoms with E-state index in [1.165, 1.54) is 6.07 Å². The first-order chi connectivity index (χ1) is 19.1. The maximum absolute atomic E-state index is 13.9. The van der Waals surface area contributed by atoms with Crippen molar-refractivity contribution < 1.29 is 27.8 Å². The van der Waals surface area contributed by atoms with Crippen LogP contribution in [0.2, 0.25) is 0 Å². The zero-order chi connectivity index (χ0) is 28.9. The number of carbonyl (C=O) groups is 1. The summed E-state index contributed by atoms with van der Waals surface area (Å²) in [6.07, 6.45) is 0.521. The summed E-state index contributed by atoms with van der Waals surface area (Å²) in [4.78, 5) is 16.6. The molecule has 0 heterocycles. The number of carboxylic acids is 1. The Morgan fingerprint density at radius 3 is 2.40 bits per heavy atom. The van der Waals surface area contributed by atoms with Gasteiger partial charge in [-0.1, -0.05) is 43.5 Å². The van der Waals surface area contributed by atoms with Gasteiger partial charge in [-0.2, -0.15) is 13.2 Å². The van der Waals surface area contributed by atoms with Crippen LogP contribution < -0.4 is 21.5 Å². The van der Waals surface area contributed by atoms with Crippen molar-refractivity contribution in [3.8, 4) is 16.9 Å². The molecule has 2 aromatic rings. The van der Waals surface area contributed by atoms with E-state index in [0.29, 0.717) is 47.5 Å². The fourth-order valence-corrected chi connectivity index (χ4v) is 5.41. The average Bonchev–Trinajstić information content (AvgIpc) is 3.73. The van der Waals surface area contributed by atoms with Crippen LogP contribution in [0, 0.1) is 17.8 Å². The topological polar surface area (TPSA) is 123 Å². The molecule has 2 aliphatic carbocycles. The molecule has 0 bridgehead atoms. The SMILES string of the molecule is CN/C=C(\N)C1C[C@H]1C(=Nc1cccc(-c2cccc(OC(C3CCCCC3)C(F)(F)F)c2)c1)C(=CN)C(=O)O. The maximum Gasteiger partial charge on any atom is 0.425 e. The molecule has 7 nitrogen and oxygen atoms in total. The van der Waals surface area contributed by atoms with E-state index in [1.807, 2.05) is 6.07 Å². The van der Waals surface area contributed by atoms with Gasteiger partial charge in [0, 0.05) is 42.9 Å². The highest BCUT2D eigenvalue weighted by Gasteiger charge is 2.47. The standard InChI is InChI=1S/C30H35F3N4O3/c1-36-17-26(35)23-15-24(23)27(25(16-34)29(38)39)37-21-11-5-9-19(13-21)20-10-6-12-22(14-20)40-28(30(31,32)33)18-7-3-2-4-8-18/h5-6,9-14,16-18,23-24,28,36H,2-4,7-8,15,34-35H2,1H3,(H,38,39)/b25-16?,26-17-,37-27?/t23?,24-,28?/m1/s1. The van der Waals surface area contributed by atoms with E-state index in [0.717, 1.165) is 25.5 Å². The highest BCUT2D eigenvalue weighted by atomic mass is 19.4. The van der Waals surface area contributed by atoms with Gasteiger partial charge in [0.2, 0.25) is 0 Å². The van der Waals surface area contributed by atoms with Crippen LogP contribution >= 0.6 is 0 Å². The van der Waals surface area contributed by atoms with Gasteiger partial charge in [0.1, 0.15) is 5.75 Å². The summed E-state index contributed by atoms with van der Waals surface area (Å²) >= 11 is 0. The number of nitrogens with zero attached hydrogens (tertiary/aromatic N) is 1. The lowest BCUT2D eigenvalue weighted by atomic mass is 9.85. The number of hydrogen-bond donors (Lipinski definition) is 4. The van der Waals surface area contributed by atoms with Gasteiger partial charge in [-0.25, -0.2) is 4.79 Å². The molecule has 0 saturated heterocycles. The molecule has 3 atom stereocenters. The second-order valence-electron chi connectivity index (χ2n) is 10.3. The number of hydrogen-bond acceptors (Lipinski definition) is 6. The third-order valence-corrected chi connectivity index (χ3v) is 7.48. The summed E-state index contributed by atoms with van der Waals surface area (Å²) in [7, 11) is 1.73. The van der Waals surface area contributed by atoms with Crippen molar-refractivity contribution in [2.75, 3.05) is 7.05 Å². The summed E-state index contributed by atoms with van der Waals surface area (Å²) < 4.78 is 47.3. The molecular formula is C30H35F3N4O3. The van der Waals surface area contributed by atoms with Gasteiger partial charge in [-0.3, -0.25) is 4.99 Å². The Labute approximate surface area is 231 Å². The van der Waals surface area contributed by atoms with E-state index >= 15 is 0 Å². The van der Waals surface area contributed by atoms with E-state index in [4.69, 9.17) is 16.2 Å². The second kappa shape index (κ2) is 12.5. The van der Waals surface area contributed by atoms with Crippen molar-refractivity contribution in [2.24, 2.45) is 34.2 Å². The lowest BCUT2D eigenvalue weighted by molar-refractivity contribution is -0.212. The van der Waals surface area contributed by atoms with E-state index in [9.17, 15) is 23.1 Å². The normalized spacial score (nSPS) is 21.6. The predicted octanol–water partition coefficient (Wildman–Crippen LogP) is 5.90. The second-order valence-corrected chi connectivity index (χ2v) is 10.3. The Morgan fingerprint density at radius 1 is 1.10 bits per heavy atom. The van der Waals surface area contributed by atoms with E-state index in [2.05, 4.69) is 10.3 Å². The minimum atomic E-state index is -4.46. The minimum Gasteiger partial charge on any atom is -0.481 e. The number of halogens is 3. The molecule has 2 aliphatic rings. The van der Waals surface area contributed by atoms with Gasteiger partial charge in [-0.15, -0.1) is 0 Å². The first-order valence-electron chi connectivity index (χ1n) is 13.4. The lowest BCUT2D eigenvalue weighted by Crippen LogP contribution is -2.41. The number of carboxylic acid groups (broad SMARTS) is 1. The molecular weight excluding hydrogens is 521 g/mol. The Hall–Kier alpha value is -3.95. The third-order valence-electron chi connectivity index (χ3n) is 7.48. The molecule has 6 N–H and O–H groups in total. The number of nitrogens with one attached hydrogen (secondary N) is 1. The van der Waals surface area contributed by atoms with Crippen LogP contribution in [0.5, 0.6) is 5.75 Å². The van der Waals surface area contributed by atoms with Gasteiger partial charge < -0.3 is 26.6 Å². The summed E-state index contributed by atoms with van der Waals surface area (Å²) in [6, 6.07) is 13.6. The Morgan fingerprint density at radius 2 is 1.77 bits per heavy atom. The molecule has 0 aliphatic heterocycles. The first-order valence-corrected chi connectivity index (χ1v) is 13.4. The van der Waals surface area contributed by atoms with Gasteiger partial charge >= 0.3 is 12.1 Å². The largest absolute Gasteiger partial charge is 0.481 e. The third kappa shape index (κ3) is 6.97. The summed E-state index contributed by atoms with van der Waals surface area (Å²) in [5.74, 6) is -1.89. The van der Waals surface area contributed by atoms with Crippen molar-refractivity contribution >= 4 is 17.4 Å². The highest BCUT2D eigenvalue weighted by Crippen LogP contribution is 2.45. The van der Waals surface area contributed by atoms with Crippen LogP contribution in [0.1, 0.15) is 38.5 Å². The van der Waals surface area contributed by atoms with Gasteiger partial charge in [0.25, 0.3) is 0 Å². The molecule has 2 saturated carbocycles. The van der Waals surface area contributed by atoms with Gasteiger partial charge in [0.05, 0.1) is 17.0 Å². The maximum atomic E-state index is 13.9. The van der Waals surface area contributed by atoms with Crippen LogP contribution in [-0.2, 0) is 4.79 Å². The Balaban J connectivity index is 1.62. The zero-order valence-corrected chi connectivity index (χ0v) is 22.3. The van der Waals surface area contributed by atoms with E-state index in [-0.39, 0.29) is 23.2 Å². The minimum absolute atomic E-state index is 0.0664. The van der Waals surface area contributed by atoms with Crippen LogP contribution in [0.4, 0.5) is 18.9 Å². The number of aliphatic carboxylic acids is 1. The fourth-order valence-electron chi connectivity index (χ4n) is 5.41. The summed E-state index contributed by atoms with van der Waals surface area (Å²) in [6.45, 7) is 0. The van der Waals surface area contributed by atoms with Gasteiger partial charge in [0.15, 0.2) is 6.10 Å². The molecule has 214 valence electrons. The smallest absolute Gasteiger partial charge is 0.425 e. The van der Waals surface area contributed by atoms with Crippen molar-refractivity contribution in [1.29, 1.82) is 0 Å². The van der Waals surface area contributed by atoms with Crippen LogP contribution in [0.15, 0.2) is 77.2 Å². The molecule has 4 rings (SSSR count). The molecule has 0 amide bonds. The Kier molecular flexibility index (Phi) is 9.07. The van der Waals surface area contributed by atoms with Crippen molar-refractivity contribution in [3.63, 3.8) is 0 Å². The number of rotatable bonds is 10. The zero-order valence-electron chi connectivity index (χ0n) is 22.3. The lowest BCUT2D eigenvalue weighted by Gasteiger charge is -2.32. The first kappa shape index (κ1) is 29.0. The fraction of sp³-hybridized carbons (Fsp3) is 0.400. The monoisotopic (exact) mass is 556 g/mol. The molecule has 2 fully saturated rings. The predicted molar refractivity (Wildman–Crippen MR) is 149 cm³/mol. The number of aliphatic imine (C=N–C) groups is 1. The summed E-state index contributed by atoms with van der Waals surface area (Å²) in [5, 5.41) is 12.6. The summed E-state index contributed by atoms with van der Waals surface area (Å²) in [5.41, 5.74) is 14.4. The average molecular weight is 557 g/mol. The molecule has 2 aromatic carbocycles. The number of benzene rings is 2. The molecule has 10 heteroatoms. The molecule has 0 aromatic heterocycles. The number of alkyl halides is 3. The number of allylic oxidation sites excluding steroid dienone is 1. The molecule has 0 radical (unpaired) electrons. The molecule has 40 heavy (non-hydrogen) atoms. The van der Waals surface area contributed by atoms with Crippen LogP contribution in [0.25, 0.3) is 11.1 Å². The van der Waals surface area contributed by atoms with Crippen LogP contribution in [0.3, 0.4) is 0 Å². The Bertz CT molecular complexity index is 1300. The number of ether oxygens (including phenoxy) is 1.